The van der Waals surface area contributed by atoms with Gasteiger partial charge < -0.3 is 4.74 Å². The highest BCUT2D eigenvalue weighted by molar-refractivity contribution is 5.87. The molecule has 1 N–H and O–H groups in total. The quantitative estimate of drug-likeness (QED) is 0.807. The van der Waals surface area contributed by atoms with Gasteiger partial charge in [-0.2, -0.15) is 0 Å². The van der Waals surface area contributed by atoms with Gasteiger partial charge in [-0.15, -0.1) is 0 Å². The second-order valence-electron chi connectivity index (χ2n) is 4.52. The summed E-state index contributed by atoms with van der Waals surface area (Å²) in [6.45, 7) is 5.15. The summed E-state index contributed by atoms with van der Waals surface area (Å²) in [7, 11) is 0. The van der Waals surface area contributed by atoms with Gasteiger partial charge in [0.1, 0.15) is 17.7 Å². The van der Waals surface area contributed by atoms with Crippen molar-refractivity contribution < 1.29 is 18.7 Å². The Bertz CT molecular complexity index is 438. The van der Waals surface area contributed by atoms with Crippen LogP contribution in [0.5, 0.6) is 0 Å². The summed E-state index contributed by atoms with van der Waals surface area (Å²) in [4.78, 5) is 21.9. The van der Waals surface area contributed by atoms with Crippen molar-refractivity contribution in [1.29, 1.82) is 0 Å². The molecule has 0 radical (unpaired) electrons. The van der Waals surface area contributed by atoms with E-state index in [0.717, 1.165) is 12.1 Å². The fourth-order valence-corrected chi connectivity index (χ4v) is 1.17. The van der Waals surface area contributed by atoms with E-state index in [9.17, 15) is 14.0 Å². The SMILES string of the molecule is CC(C)(C)OC(=O)Nc1cc(F)cc(C=O)c1. The number of nitrogens with one attached hydrogen (secondary N) is 1. The molecule has 1 rings (SSSR count). The summed E-state index contributed by atoms with van der Waals surface area (Å²) in [5, 5.41) is 2.35. The Morgan fingerprint density at radius 1 is 1.35 bits per heavy atom. The Kier molecular flexibility index (Phi) is 3.83. The van der Waals surface area contributed by atoms with E-state index in [1.54, 1.807) is 20.8 Å². The van der Waals surface area contributed by atoms with Gasteiger partial charge in [0.25, 0.3) is 0 Å². The van der Waals surface area contributed by atoms with Crippen molar-refractivity contribution in [2.24, 2.45) is 0 Å². The molecule has 0 aromatic heterocycles. The number of amides is 1. The highest BCUT2D eigenvalue weighted by Gasteiger charge is 2.16. The second-order valence-corrected chi connectivity index (χ2v) is 4.52. The lowest BCUT2D eigenvalue weighted by Gasteiger charge is -2.19. The van der Waals surface area contributed by atoms with E-state index in [1.807, 2.05) is 0 Å². The number of aldehydes is 1. The number of carbonyl (C=O) groups is 2. The first-order valence-electron chi connectivity index (χ1n) is 5.06. The molecule has 1 aromatic rings. The summed E-state index contributed by atoms with van der Waals surface area (Å²) in [5.41, 5.74) is -0.303. The molecule has 1 amide bonds. The van der Waals surface area contributed by atoms with Gasteiger partial charge in [0.05, 0.1) is 0 Å². The largest absolute Gasteiger partial charge is 0.444 e. The van der Waals surface area contributed by atoms with Gasteiger partial charge in [0.2, 0.25) is 0 Å². The van der Waals surface area contributed by atoms with Crippen molar-refractivity contribution in [3.8, 4) is 0 Å². The molecule has 0 unspecified atom stereocenters. The van der Waals surface area contributed by atoms with Gasteiger partial charge in [0, 0.05) is 11.3 Å². The Morgan fingerprint density at radius 2 is 2.00 bits per heavy atom. The highest BCUT2D eigenvalue weighted by atomic mass is 19.1. The van der Waals surface area contributed by atoms with Crippen molar-refractivity contribution in [2.45, 2.75) is 26.4 Å². The molecular weight excluding hydrogens is 225 g/mol. The number of ether oxygens (including phenoxy) is 1. The maximum atomic E-state index is 13.1. The fourth-order valence-electron chi connectivity index (χ4n) is 1.17. The number of benzene rings is 1. The molecule has 92 valence electrons. The molecular formula is C12H14FNO3. The lowest BCUT2D eigenvalue weighted by molar-refractivity contribution is 0.0635. The molecule has 17 heavy (non-hydrogen) atoms. The smallest absolute Gasteiger partial charge is 0.412 e. The van der Waals surface area contributed by atoms with Gasteiger partial charge in [-0.25, -0.2) is 9.18 Å². The zero-order chi connectivity index (χ0) is 13.1. The zero-order valence-corrected chi connectivity index (χ0v) is 9.91. The molecule has 0 heterocycles. The molecule has 5 heteroatoms. The average Bonchev–Trinajstić information content (AvgIpc) is 2.13. The van der Waals surface area contributed by atoms with E-state index >= 15 is 0 Å². The molecule has 0 saturated carbocycles. The minimum absolute atomic E-state index is 0.149. The number of hydrogen-bond acceptors (Lipinski definition) is 3. The summed E-state index contributed by atoms with van der Waals surface area (Å²) < 4.78 is 18.0. The third kappa shape index (κ3) is 4.63. The molecule has 4 nitrogen and oxygen atoms in total. The van der Waals surface area contributed by atoms with Gasteiger partial charge in [-0.05, 0) is 39.0 Å². The molecule has 0 spiro atoms. The molecule has 0 aliphatic heterocycles. The van der Waals surface area contributed by atoms with E-state index in [-0.39, 0.29) is 11.3 Å². The lowest BCUT2D eigenvalue weighted by atomic mass is 10.2. The summed E-state index contributed by atoms with van der Waals surface area (Å²) in [5.74, 6) is -0.597. The fraction of sp³-hybridized carbons (Fsp3) is 0.333. The Balaban J connectivity index is 2.78. The first-order valence-corrected chi connectivity index (χ1v) is 5.06. The molecule has 0 bridgehead atoms. The van der Waals surface area contributed by atoms with Crippen molar-refractivity contribution >= 4 is 18.1 Å². The highest BCUT2D eigenvalue weighted by Crippen LogP contribution is 2.15. The third-order valence-electron chi connectivity index (χ3n) is 1.70. The maximum absolute atomic E-state index is 13.1. The number of carbonyl (C=O) groups excluding carboxylic acids is 2. The van der Waals surface area contributed by atoms with E-state index < -0.39 is 17.5 Å². The van der Waals surface area contributed by atoms with Crippen LogP contribution >= 0.6 is 0 Å². The van der Waals surface area contributed by atoms with Crippen LogP contribution in [0.1, 0.15) is 31.1 Å². The molecule has 1 aromatic carbocycles. The minimum Gasteiger partial charge on any atom is -0.444 e. The third-order valence-corrected chi connectivity index (χ3v) is 1.70. The second kappa shape index (κ2) is 4.95. The van der Waals surface area contributed by atoms with Crippen LogP contribution in [-0.2, 0) is 4.74 Å². The predicted molar refractivity (Wildman–Crippen MR) is 61.6 cm³/mol. The van der Waals surface area contributed by atoms with Crippen LogP contribution in [0, 0.1) is 5.82 Å². The van der Waals surface area contributed by atoms with Crippen molar-refractivity contribution in [1.82, 2.24) is 0 Å². The standard InChI is InChI=1S/C12H14FNO3/c1-12(2,3)17-11(16)14-10-5-8(7-15)4-9(13)6-10/h4-7H,1-3H3,(H,14,16). The number of hydrogen-bond donors (Lipinski definition) is 1. The van der Waals surface area contributed by atoms with Crippen molar-refractivity contribution in [3.63, 3.8) is 0 Å². The van der Waals surface area contributed by atoms with Crippen LogP contribution in [0.25, 0.3) is 0 Å². The van der Waals surface area contributed by atoms with E-state index in [4.69, 9.17) is 4.74 Å². The first kappa shape index (κ1) is 13.2. The number of rotatable bonds is 2. The number of halogens is 1. The monoisotopic (exact) mass is 239 g/mol. The molecule has 0 aliphatic rings. The van der Waals surface area contributed by atoms with Crippen molar-refractivity contribution in [3.05, 3.63) is 29.6 Å². The van der Waals surface area contributed by atoms with Gasteiger partial charge in [0.15, 0.2) is 0 Å². The Labute approximate surface area is 98.8 Å². The maximum Gasteiger partial charge on any atom is 0.412 e. The van der Waals surface area contributed by atoms with E-state index in [1.165, 1.54) is 6.07 Å². The van der Waals surface area contributed by atoms with Gasteiger partial charge in [-0.3, -0.25) is 10.1 Å². The summed E-state index contributed by atoms with van der Waals surface area (Å²) >= 11 is 0. The van der Waals surface area contributed by atoms with Crippen LogP contribution in [0.3, 0.4) is 0 Å². The zero-order valence-electron chi connectivity index (χ0n) is 9.91. The van der Waals surface area contributed by atoms with E-state index in [2.05, 4.69) is 5.32 Å². The molecule has 0 atom stereocenters. The van der Waals surface area contributed by atoms with Crippen LogP contribution in [0.4, 0.5) is 14.9 Å². The predicted octanol–water partition coefficient (Wildman–Crippen LogP) is 2.99. The van der Waals surface area contributed by atoms with Gasteiger partial charge in [-0.1, -0.05) is 0 Å². The molecule has 0 fully saturated rings. The van der Waals surface area contributed by atoms with Crippen LogP contribution in [0.15, 0.2) is 18.2 Å². The van der Waals surface area contributed by atoms with E-state index in [0.29, 0.717) is 6.29 Å². The average molecular weight is 239 g/mol. The molecule has 0 aliphatic carbocycles. The van der Waals surface area contributed by atoms with Crippen LogP contribution < -0.4 is 5.32 Å². The first-order chi connectivity index (χ1) is 7.80. The summed E-state index contributed by atoms with van der Waals surface area (Å²) in [6.07, 6.45) is -0.191. The topological polar surface area (TPSA) is 55.4 Å². The van der Waals surface area contributed by atoms with Crippen LogP contribution in [0.2, 0.25) is 0 Å². The normalized spacial score (nSPS) is 10.8. The Morgan fingerprint density at radius 3 is 2.53 bits per heavy atom. The van der Waals surface area contributed by atoms with Crippen LogP contribution in [-0.4, -0.2) is 18.0 Å². The number of anilines is 1. The summed E-state index contributed by atoms with van der Waals surface area (Å²) in [6, 6.07) is 3.55. The lowest BCUT2D eigenvalue weighted by Crippen LogP contribution is -2.27. The van der Waals surface area contributed by atoms with Gasteiger partial charge >= 0.3 is 6.09 Å². The molecule has 0 saturated heterocycles. The van der Waals surface area contributed by atoms with Crippen molar-refractivity contribution in [2.75, 3.05) is 5.32 Å². The minimum atomic E-state index is -0.694. The Hall–Kier alpha value is -1.91.